The molecular formula is C52H31N3S. The molecule has 0 spiro atoms. The Labute approximate surface area is 326 Å². The third-order valence-electron chi connectivity index (χ3n) is 11.4. The summed E-state index contributed by atoms with van der Waals surface area (Å²) in [6.45, 7) is 0. The number of fused-ring (bicyclic) bond motifs is 13. The highest BCUT2D eigenvalue weighted by molar-refractivity contribution is 7.26. The van der Waals surface area contributed by atoms with Gasteiger partial charge in [0.15, 0.2) is 5.82 Å². The molecule has 0 aliphatic carbocycles. The number of benzene rings is 9. The minimum Gasteiger partial charge on any atom is -0.292 e. The quantitative estimate of drug-likeness (QED) is 0.169. The van der Waals surface area contributed by atoms with Crippen molar-refractivity contribution in [1.82, 2.24) is 14.5 Å². The van der Waals surface area contributed by atoms with Crippen LogP contribution in [0.15, 0.2) is 188 Å². The SMILES string of the molecule is c1ccc(-c2cc(-n3c4c(cc(-c5cccc6ccccc56)c5c6ccccc6sc54)c4c5ccccc5c5ccccc5c43)nc(-c3ccccc3)n2)cc1. The molecule has 0 fully saturated rings. The van der Waals surface area contributed by atoms with Crippen molar-refractivity contribution in [3.8, 4) is 39.6 Å². The second-order valence-electron chi connectivity index (χ2n) is 14.5. The summed E-state index contributed by atoms with van der Waals surface area (Å²) in [6.07, 6.45) is 0. The molecule has 0 saturated heterocycles. The van der Waals surface area contributed by atoms with E-state index in [1.54, 1.807) is 0 Å². The first-order valence-electron chi connectivity index (χ1n) is 19.0. The van der Waals surface area contributed by atoms with Crippen LogP contribution < -0.4 is 0 Å². The lowest BCUT2D eigenvalue weighted by Crippen LogP contribution is -2.03. The second kappa shape index (κ2) is 12.2. The Bertz CT molecular complexity index is 3460. The number of aromatic nitrogens is 3. The van der Waals surface area contributed by atoms with E-state index < -0.39 is 0 Å². The van der Waals surface area contributed by atoms with Crippen LogP contribution in [0.2, 0.25) is 0 Å². The fourth-order valence-corrected chi connectivity index (χ4v) is 10.2. The summed E-state index contributed by atoms with van der Waals surface area (Å²) in [5.74, 6) is 1.54. The van der Waals surface area contributed by atoms with E-state index in [0.29, 0.717) is 5.82 Å². The average molecular weight is 730 g/mol. The molecule has 3 aromatic heterocycles. The molecule has 12 aromatic rings. The van der Waals surface area contributed by atoms with E-state index in [0.717, 1.165) is 28.2 Å². The molecule has 3 heterocycles. The molecule has 0 radical (unpaired) electrons. The zero-order valence-corrected chi connectivity index (χ0v) is 31.0. The minimum absolute atomic E-state index is 0.696. The van der Waals surface area contributed by atoms with Crippen LogP contribution in [0.4, 0.5) is 0 Å². The number of nitrogens with zero attached hydrogens (tertiary/aromatic N) is 3. The summed E-state index contributed by atoms with van der Waals surface area (Å²) in [7, 11) is 0. The van der Waals surface area contributed by atoms with E-state index in [-0.39, 0.29) is 0 Å². The molecule has 260 valence electrons. The van der Waals surface area contributed by atoms with Gasteiger partial charge >= 0.3 is 0 Å². The molecular weight excluding hydrogens is 699 g/mol. The predicted octanol–water partition coefficient (Wildman–Crippen LogP) is 14.4. The maximum Gasteiger partial charge on any atom is 0.162 e. The highest BCUT2D eigenvalue weighted by Gasteiger charge is 2.26. The number of hydrogen-bond donors (Lipinski definition) is 0. The Morgan fingerprint density at radius 1 is 0.393 bits per heavy atom. The first-order valence-corrected chi connectivity index (χ1v) is 19.8. The van der Waals surface area contributed by atoms with Gasteiger partial charge in [-0.2, -0.15) is 0 Å². The van der Waals surface area contributed by atoms with Crippen molar-refractivity contribution in [1.29, 1.82) is 0 Å². The average Bonchev–Trinajstić information content (AvgIpc) is 3.84. The maximum absolute atomic E-state index is 5.50. The topological polar surface area (TPSA) is 30.7 Å². The van der Waals surface area contributed by atoms with Crippen LogP contribution in [0.3, 0.4) is 0 Å². The molecule has 0 aliphatic rings. The van der Waals surface area contributed by atoms with Crippen LogP contribution in [0.1, 0.15) is 0 Å². The largest absolute Gasteiger partial charge is 0.292 e. The Balaban J connectivity index is 1.35. The van der Waals surface area contributed by atoms with Crippen molar-refractivity contribution in [3.05, 3.63) is 188 Å². The van der Waals surface area contributed by atoms with Crippen molar-refractivity contribution in [2.24, 2.45) is 0 Å². The number of rotatable bonds is 4. The summed E-state index contributed by atoms with van der Waals surface area (Å²) in [5.41, 5.74) is 7.72. The molecule has 4 heteroatoms. The lowest BCUT2D eigenvalue weighted by Gasteiger charge is -2.15. The number of thiophene rings is 1. The fourth-order valence-electron chi connectivity index (χ4n) is 8.96. The third kappa shape index (κ3) is 4.57. The van der Waals surface area contributed by atoms with Gasteiger partial charge in [0.05, 0.1) is 21.4 Å². The van der Waals surface area contributed by atoms with Gasteiger partial charge in [0.2, 0.25) is 0 Å². The molecule has 0 amide bonds. The van der Waals surface area contributed by atoms with Gasteiger partial charge in [0.25, 0.3) is 0 Å². The van der Waals surface area contributed by atoms with E-state index in [1.165, 1.54) is 79.9 Å². The zero-order chi connectivity index (χ0) is 36.7. The van der Waals surface area contributed by atoms with E-state index in [4.69, 9.17) is 9.97 Å². The summed E-state index contributed by atoms with van der Waals surface area (Å²) < 4.78 is 4.97. The van der Waals surface area contributed by atoms with Crippen LogP contribution >= 0.6 is 11.3 Å². The molecule has 0 unspecified atom stereocenters. The summed E-state index contributed by atoms with van der Waals surface area (Å²) >= 11 is 1.88. The molecule has 56 heavy (non-hydrogen) atoms. The van der Waals surface area contributed by atoms with Gasteiger partial charge in [0.1, 0.15) is 5.82 Å². The molecule has 9 aromatic carbocycles. The Morgan fingerprint density at radius 2 is 1.00 bits per heavy atom. The van der Waals surface area contributed by atoms with Crippen LogP contribution in [0.5, 0.6) is 0 Å². The van der Waals surface area contributed by atoms with E-state index >= 15 is 0 Å². The fraction of sp³-hybridized carbons (Fsp3) is 0. The van der Waals surface area contributed by atoms with Gasteiger partial charge in [-0.15, -0.1) is 11.3 Å². The van der Waals surface area contributed by atoms with Gasteiger partial charge in [-0.1, -0.05) is 170 Å². The van der Waals surface area contributed by atoms with Crippen molar-refractivity contribution in [3.63, 3.8) is 0 Å². The molecule has 0 N–H and O–H groups in total. The number of hydrogen-bond acceptors (Lipinski definition) is 3. The van der Waals surface area contributed by atoms with Gasteiger partial charge in [-0.25, -0.2) is 9.97 Å². The summed E-state index contributed by atoms with van der Waals surface area (Å²) in [5, 5.41) is 12.4. The van der Waals surface area contributed by atoms with Gasteiger partial charge in [-0.3, -0.25) is 4.57 Å². The molecule has 3 nitrogen and oxygen atoms in total. The first kappa shape index (κ1) is 31.2. The second-order valence-corrected chi connectivity index (χ2v) is 15.5. The van der Waals surface area contributed by atoms with Crippen LogP contribution in [-0.4, -0.2) is 14.5 Å². The standard InChI is InChI=1S/C52H31N3S/c1-3-17-33(18-4-1)44-31-46(54-52(53-44)34-19-5-2-6-20-34)55-49-40-26-12-10-24-38(40)37-23-9-11-25-39(37)47(49)43-30-42(36-28-15-21-32-16-7-8-22-35(32)36)48-41-27-13-14-29-45(41)56-51(48)50(43)55/h1-31H. The summed E-state index contributed by atoms with van der Waals surface area (Å²) in [6, 6.07) is 67.6. The van der Waals surface area contributed by atoms with Crippen molar-refractivity contribution < 1.29 is 0 Å². The van der Waals surface area contributed by atoms with E-state index in [2.05, 4.69) is 187 Å². The Hall–Kier alpha value is -7.14. The normalized spacial score (nSPS) is 11.9. The minimum atomic E-state index is 0.696. The van der Waals surface area contributed by atoms with E-state index in [9.17, 15) is 0 Å². The lowest BCUT2D eigenvalue weighted by molar-refractivity contribution is 1.05. The van der Waals surface area contributed by atoms with Gasteiger partial charge < -0.3 is 0 Å². The Kier molecular flexibility index (Phi) is 6.80. The van der Waals surface area contributed by atoms with E-state index in [1.807, 2.05) is 17.4 Å². The van der Waals surface area contributed by atoms with Crippen molar-refractivity contribution >= 4 is 85.6 Å². The first-order chi connectivity index (χ1) is 27.8. The van der Waals surface area contributed by atoms with Gasteiger partial charge in [-0.05, 0) is 50.2 Å². The monoisotopic (exact) mass is 729 g/mol. The third-order valence-corrected chi connectivity index (χ3v) is 12.5. The zero-order valence-electron chi connectivity index (χ0n) is 30.1. The molecule has 0 bridgehead atoms. The molecule has 0 atom stereocenters. The smallest absolute Gasteiger partial charge is 0.162 e. The van der Waals surface area contributed by atoms with Gasteiger partial charge in [0, 0.05) is 48.8 Å². The highest BCUT2D eigenvalue weighted by Crippen LogP contribution is 2.51. The lowest BCUT2D eigenvalue weighted by atomic mass is 9.92. The van der Waals surface area contributed by atoms with Crippen molar-refractivity contribution in [2.75, 3.05) is 0 Å². The predicted molar refractivity (Wildman–Crippen MR) is 238 cm³/mol. The highest BCUT2D eigenvalue weighted by atomic mass is 32.1. The van der Waals surface area contributed by atoms with Crippen LogP contribution in [0.25, 0.3) is 114 Å². The maximum atomic E-state index is 5.50. The Morgan fingerprint density at radius 3 is 1.79 bits per heavy atom. The molecule has 12 rings (SSSR count). The van der Waals surface area contributed by atoms with Crippen LogP contribution in [0, 0.1) is 0 Å². The van der Waals surface area contributed by atoms with Crippen molar-refractivity contribution in [2.45, 2.75) is 0 Å². The van der Waals surface area contributed by atoms with Crippen LogP contribution in [-0.2, 0) is 0 Å². The molecule has 0 aliphatic heterocycles. The summed E-state index contributed by atoms with van der Waals surface area (Å²) in [4.78, 5) is 10.7. The molecule has 0 saturated carbocycles.